The molecule has 1 N–H and O–H groups in total. The van der Waals surface area contributed by atoms with Crippen LogP contribution in [0, 0.1) is 5.82 Å². The molecule has 0 saturated carbocycles. The fraction of sp³-hybridized carbons (Fsp3) is 0.286. The van der Waals surface area contributed by atoms with Crippen LogP contribution in [0.3, 0.4) is 0 Å². The molecule has 5 heteroatoms. The third-order valence-corrected chi connectivity index (χ3v) is 2.89. The van der Waals surface area contributed by atoms with Crippen LogP contribution in [-0.2, 0) is 5.41 Å². The van der Waals surface area contributed by atoms with E-state index >= 15 is 0 Å². The Bertz CT molecular complexity index is 593. The predicted octanol–water partition coefficient (Wildman–Crippen LogP) is 4.31. The number of anilines is 2. The molecule has 0 saturated heterocycles. The monoisotopic (exact) mass is 279 g/mol. The lowest BCUT2D eigenvalue weighted by Gasteiger charge is -2.20. The molecular formula is C14H15ClFN3. The van der Waals surface area contributed by atoms with E-state index in [0.717, 1.165) is 17.4 Å². The number of nitrogens with one attached hydrogen (secondary N) is 1. The lowest BCUT2D eigenvalue weighted by molar-refractivity contribution is 0.590. The van der Waals surface area contributed by atoms with Crippen LogP contribution in [0.15, 0.2) is 30.5 Å². The minimum absolute atomic E-state index is 0.0101. The van der Waals surface area contributed by atoms with Crippen LogP contribution in [0.25, 0.3) is 0 Å². The molecule has 1 aromatic heterocycles. The quantitative estimate of drug-likeness (QED) is 0.833. The average molecular weight is 280 g/mol. The number of halogens is 2. The molecule has 0 aliphatic heterocycles. The van der Waals surface area contributed by atoms with E-state index in [4.69, 9.17) is 11.6 Å². The number of benzene rings is 1. The zero-order valence-electron chi connectivity index (χ0n) is 11.0. The van der Waals surface area contributed by atoms with E-state index in [0.29, 0.717) is 0 Å². The van der Waals surface area contributed by atoms with Crippen molar-refractivity contribution in [2.24, 2.45) is 0 Å². The lowest BCUT2D eigenvalue weighted by Crippen LogP contribution is -2.11. The van der Waals surface area contributed by atoms with Gasteiger partial charge in [0.15, 0.2) is 11.6 Å². The van der Waals surface area contributed by atoms with Gasteiger partial charge in [-0.05, 0) is 34.7 Å². The van der Waals surface area contributed by atoms with E-state index < -0.39 is 5.82 Å². The van der Waals surface area contributed by atoms with Gasteiger partial charge in [0, 0.05) is 5.69 Å². The maximum atomic E-state index is 13.5. The summed E-state index contributed by atoms with van der Waals surface area (Å²) in [6.45, 7) is 6.36. The van der Waals surface area contributed by atoms with E-state index in [1.54, 1.807) is 0 Å². The third kappa shape index (κ3) is 3.41. The Kier molecular flexibility index (Phi) is 3.71. The van der Waals surface area contributed by atoms with E-state index in [-0.39, 0.29) is 16.5 Å². The van der Waals surface area contributed by atoms with Crippen molar-refractivity contribution in [2.45, 2.75) is 26.2 Å². The summed E-state index contributed by atoms with van der Waals surface area (Å²) in [5, 5.41) is 2.93. The van der Waals surface area contributed by atoms with Crippen molar-refractivity contribution in [3.63, 3.8) is 0 Å². The lowest BCUT2D eigenvalue weighted by atomic mass is 9.87. The van der Waals surface area contributed by atoms with Gasteiger partial charge >= 0.3 is 0 Å². The second-order valence-corrected chi connectivity index (χ2v) is 5.63. The number of nitrogens with zero attached hydrogens (tertiary/aromatic N) is 2. The SMILES string of the molecule is CC(C)(C)c1cccc(Nc2nc(Cl)ncc2F)c1. The fourth-order valence-corrected chi connectivity index (χ4v) is 1.77. The first-order valence-electron chi connectivity index (χ1n) is 5.92. The molecule has 0 atom stereocenters. The average Bonchev–Trinajstić information content (AvgIpc) is 2.33. The molecule has 0 fully saturated rings. The summed E-state index contributed by atoms with van der Waals surface area (Å²) in [4.78, 5) is 7.41. The molecule has 1 heterocycles. The van der Waals surface area contributed by atoms with Crippen LogP contribution in [-0.4, -0.2) is 9.97 Å². The van der Waals surface area contributed by atoms with E-state index in [9.17, 15) is 4.39 Å². The topological polar surface area (TPSA) is 37.8 Å². The van der Waals surface area contributed by atoms with Crippen LogP contribution in [0.2, 0.25) is 5.28 Å². The summed E-state index contributed by atoms with van der Waals surface area (Å²) in [6.07, 6.45) is 1.05. The maximum Gasteiger partial charge on any atom is 0.224 e. The summed E-state index contributed by atoms with van der Waals surface area (Å²) in [5.74, 6) is -0.461. The van der Waals surface area contributed by atoms with Gasteiger partial charge in [0.25, 0.3) is 0 Å². The van der Waals surface area contributed by atoms with Crippen molar-refractivity contribution in [3.05, 3.63) is 47.1 Å². The largest absolute Gasteiger partial charge is 0.338 e. The Morgan fingerprint density at radius 1 is 1.26 bits per heavy atom. The molecule has 0 spiro atoms. The highest BCUT2D eigenvalue weighted by molar-refractivity contribution is 6.28. The van der Waals surface area contributed by atoms with E-state index in [2.05, 4.69) is 36.1 Å². The van der Waals surface area contributed by atoms with Gasteiger partial charge in [0.05, 0.1) is 6.20 Å². The number of rotatable bonds is 2. The number of aromatic nitrogens is 2. The minimum atomic E-state index is -0.537. The first-order valence-corrected chi connectivity index (χ1v) is 6.29. The van der Waals surface area contributed by atoms with Gasteiger partial charge in [0.2, 0.25) is 5.28 Å². The maximum absolute atomic E-state index is 13.5. The van der Waals surface area contributed by atoms with Crippen LogP contribution < -0.4 is 5.32 Å². The first-order chi connectivity index (χ1) is 8.86. The highest BCUT2D eigenvalue weighted by atomic mass is 35.5. The molecule has 1 aromatic carbocycles. The summed E-state index contributed by atoms with van der Waals surface area (Å²) >= 11 is 5.66. The Balaban J connectivity index is 2.31. The molecule has 0 aliphatic carbocycles. The Hall–Kier alpha value is -1.68. The summed E-state index contributed by atoms with van der Waals surface area (Å²) in [6, 6.07) is 7.78. The van der Waals surface area contributed by atoms with Crippen LogP contribution in [0.1, 0.15) is 26.3 Å². The summed E-state index contributed by atoms with van der Waals surface area (Å²) in [7, 11) is 0. The molecule has 0 radical (unpaired) electrons. The van der Waals surface area contributed by atoms with Gasteiger partial charge < -0.3 is 5.32 Å². The van der Waals surface area contributed by atoms with Crippen molar-refractivity contribution >= 4 is 23.1 Å². The molecule has 19 heavy (non-hydrogen) atoms. The highest BCUT2D eigenvalue weighted by Crippen LogP contribution is 2.26. The summed E-state index contributed by atoms with van der Waals surface area (Å²) in [5.41, 5.74) is 1.94. The molecule has 0 aliphatic rings. The second kappa shape index (κ2) is 5.13. The minimum Gasteiger partial charge on any atom is -0.338 e. The molecule has 3 nitrogen and oxygen atoms in total. The third-order valence-electron chi connectivity index (χ3n) is 2.71. The van der Waals surface area contributed by atoms with Gasteiger partial charge in [-0.1, -0.05) is 32.9 Å². The van der Waals surface area contributed by atoms with Crippen molar-refractivity contribution in [1.29, 1.82) is 0 Å². The Morgan fingerprint density at radius 3 is 2.68 bits per heavy atom. The van der Waals surface area contributed by atoms with Crippen molar-refractivity contribution in [3.8, 4) is 0 Å². The van der Waals surface area contributed by atoms with Gasteiger partial charge in [-0.15, -0.1) is 0 Å². The van der Waals surface area contributed by atoms with Gasteiger partial charge in [-0.25, -0.2) is 9.37 Å². The second-order valence-electron chi connectivity index (χ2n) is 5.29. The van der Waals surface area contributed by atoms with Crippen molar-refractivity contribution < 1.29 is 4.39 Å². The Morgan fingerprint density at radius 2 is 2.00 bits per heavy atom. The number of hydrogen-bond acceptors (Lipinski definition) is 3. The smallest absolute Gasteiger partial charge is 0.224 e. The van der Waals surface area contributed by atoms with Crippen molar-refractivity contribution in [1.82, 2.24) is 9.97 Å². The highest BCUT2D eigenvalue weighted by Gasteiger charge is 2.14. The first kappa shape index (κ1) is 13.7. The fourth-order valence-electron chi connectivity index (χ4n) is 1.63. The van der Waals surface area contributed by atoms with Crippen molar-refractivity contribution in [2.75, 3.05) is 5.32 Å². The normalized spacial score (nSPS) is 11.4. The zero-order chi connectivity index (χ0) is 14.0. The van der Waals surface area contributed by atoms with Crippen LogP contribution >= 0.6 is 11.6 Å². The Labute approximate surface area is 116 Å². The molecule has 0 unspecified atom stereocenters. The van der Waals surface area contributed by atoms with Gasteiger partial charge in [-0.2, -0.15) is 4.98 Å². The van der Waals surface area contributed by atoms with Crippen LogP contribution in [0.4, 0.5) is 15.9 Å². The molecule has 100 valence electrons. The predicted molar refractivity (Wildman–Crippen MR) is 75.4 cm³/mol. The molecule has 0 amide bonds. The molecular weight excluding hydrogens is 265 g/mol. The summed E-state index contributed by atoms with van der Waals surface area (Å²) < 4.78 is 13.5. The standard InChI is InChI=1S/C14H15ClFN3/c1-14(2,3)9-5-4-6-10(7-9)18-12-11(16)8-17-13(15)19-12/h4-8H,1-3H3,(H,17,18,19). The van der Waals surface area contributed by atoms with Gasteiger partial charge in [-0.3, -0.25) is 0 Å². The van der Waals surface area contributed by atoms with E-state index in [1.165, 1.54) is 0 Å². The van der Waals surface area contributed by atoms with Crippen LogP contribution in [0.5, 0.6) is 0 Å². The number of hydrogen-bond donors (Lipinski definition) is 1. The molecule has 2 aromatic rings. The zero-order valence-corrected chi connectivity index (χ0v) is 11.8. The molecule has 0 bridgehead atoms. The van der Waals surface area contributed by atoms with Gasteiger partial charge in [0.1, 0.15) is 0 Å². The van der Waals surface area contributed by atoms with E-state index in [1.807, 2.05) is 24.3 Å². The molecule has 2 rings (SSSR count).